The minimum Gasteiger partial charge on any atom is -0.0261 e. The zero-order chi connectivity index (χ0) is 5.40. The minimum atomic E-state index is 1.34. The molecule has 2 fully saturated rings. The van der Waals surface area contributed by atoms with Crippen LogP contribution >= 0.6 is 0 Å². The molecule has 0 aromatic rings. The SMILES string of the molecule is [CH]1[CH][CH][C]([C+]2CC2)[CH]1. The first kappa shape index (κ1) is 4.72. The summed E-state index contributed by atoms with van der Waals surface area (Å²) in [6, 6.07) is 0. The van der Waals surface area contributed by atoms with Crippen LogP contribution in [0.5, 0.6) is 0 Å². The maximum atomic E-state index is 2.18. The largest absolute Gasteiger partial charge is 0.164 e. The molecule has 0 unspecified atom stereocenters. The van der Waals surface area contributed by atoms with Crippen LogP contribution < -0.4 is 0 Å². The van der Waals surface area contributed by atoms with Crippen LogP contribution in [0, 0.1) is 37.5 Å². The van der Waals surface area contributed by atoms with Crippen molar-refractivity contribution in [3.63, 3.8) is 0 Å². The molecule has 0 nitrogen and oxygen atoms in total. The van der Waals surface area contributed by atoms with Crippen LogP contribution in [-0.4, -0.2) is 0 Å². The molecule has 0 N–H and O–H groups in total. The van der Waals surface area contributed by atoms with E-state index in [0.717, 1.165) is 0 Å². The lowest BCUT2D eigenvalue weighted by Crippen LogP contribution is -1.89. The van der Waals surface area contributed by atoms with Gasteiger partial charge in [-0.15, -0.1) is 0 Å². The second-order valence-corrected chi connectivity index (χ2v) is 2.28. The van der Waals surface area contributed by atoms with E-state index in [1.165, 1.54) is 18.8 Å². The molecular formula is C8H8+. The Morgan fingerprint density at radius 3 is 2.25 bits per heavy atom. The van der Waals surface area contributed by atoms with Gasteiger partial charge in [0.05, 0.1) is 0 Å². The van der Waals surface area contributed by atoms with Crippen LogP contribution in [0.15, 0.2) is 0 Å². The van der Waals surface area contributed by atoms with E-state index in [1.807, 2.05) is 0 Å². The highest BCUT2D eigenvalue weighted by molar-refractivity contribution is 5.48. The van der Waals surface area contributed by atoms with Crippen molar-refractivity contribution in [3.8, 4) is 0 Å². The van der Waals surface area contributed by atoms with Gasteiger partial charge in [0, 0.05) is 12.8 Å². The maximum absolute atomic E-state index is 2.18. The molecule has 8 heavy (non-hydrogen) atoms. The van der Waals surface area contributed by atoms with Gasteiger partial charge in [-0.05, 0) is 12.8 Å². The molecule has 2 rings (SSSR count). The topological polar surface area (TPSA) is 0 Å². The van der Waals surface area contributed by atoms with Crippen molar-refractivity contribution in [3.05, 3.63) is 37.5 Å². The summed E-state index contributed by atoms with van der Waals surface area (Å²) < 4.78 is 0. The van der Waals surface area contributed by atoms with E-state index in [-0.39, 0.29) is 0 Å². The summed E-state index contributed by atoms with van der Waals surface area (Å²) in [4.78, 5) is 0. The van der Waals surface area contributed by atoms with E-state index in [9.17, 15) is 0 Å². The third-order valence-corrected chi connectivity index (χ3v) is 1.57. The summed E-state index contributed by atoms with van der Waals surface area (Å²) in [5.41, 5.74) is 0. The molecule has 0 aromatic heterocycles. The Labute approximate surface area is 51.3 Å². The molecular weight excluding hydrogens is 96.1 g/mol. The van der Waals surface area contributed by atoms with E-state index >= 15 is 0 Å². The maximum Gasteiger partial charge on any atom is 0.164 e. The molecule has 0 saturated heterocycles. The first-order valence-electron chi connectivity index (χ1n) is 3.03. The zero-order valence-corrected chi connectivity index (χ0v) is 4.72. The van der Waals surface area contributed by atoms with Gasteiger partial charge < -0.3 is 0 Å². The monoisotopic (exact) mass is 104 g/mol. The molecule has 2 aliphatic carbocycles. The van der Waals surface area contributed by atoms with Gasteiger partial charge in [0.15, 0.2) is 5.92 Å². The van der Waals surface area contributed by atoms with Gasteiger partial charge in [0.25, 0.3) is 0 Å². The van der Waals surface area contributed by atoms with Crippen molar-refractivity contribution in [2.75, 3.05) is 0 Å². The molecule has 0 aliphatic heterocycles. The van der Waals surface area contributed by atoms with Gasteiger partial charge in [0.1, 0.15) is 18.8 Å². The lowest BCUT2D eigenvalue weighted by Gasteiger charge is -1.88. The van der Waals surface area contributed by atoms with Gasteiger partial charge >= 0.3 is 0 Å². The highest BCUT2D eigenvalue weighted by atomic mass is 14.4. The van der Waals surface area contributed by atoms with Crippen molar-refractivity contribution >= 4 is 0 Å². The summed E-state index contributed by atoms with van der Waals surface area (Å²) in [5.74, 6) is 3.10. The highest BCUT2D eigenvalue weighted by Crippen LogP contribution is 2.46. The summed E-state index contributed by atoms with van der Waals surface area (Å²) in [6.07, 6.45) is 11.2. The van der Waals surface area contributed by atoms with Gasteiger partial charge in [-0.3, -0.25) is 0 Å². The van der Waals surface area contributed by atoms with Crippen LogP contribution in [0.4, 0.5) is 0 Å². The first-order valence-corrected chi connectivity index (χ1v) is 3.03. The van der Waals surface area contributed by atoms with Gasteiger partial charge in [0.2, 0.25) is 0 Å². The van der Waals surface area contributed by atoms with Crippen molar-refractivity contribution in [2.45, 2.75) is 12.8 Å². The summed E-state index contributed by atoms with van der Waals surface area (Å²) >= 11 is 0. The number of hydrogen-bond acceptors (Lipinski definition) is 0. The summed E-state index contributed by atoms with van der Waals surface area (Å²) in [5, 5.41) is 0. The second-order valence-electron chi connectivity index (χ2n) is 2.28. The minimum absolute atomic E-state index is 1.34. The Kier molecular flexibility index (Phi) is 0.991. The van der Waals surface area contributed by atoms with E-state index < -0.39 is 0 Å². The third kappa shape index (κ3) is 0.724. The van der Waals surface area contributed by atoms with Gasteiger partial charge in [-0.2, -0.15) is 0 Å². The average molecular weight is 104 g/mol. The predicted molar refractivity (Wildman–Crippen MR) is 32.9 cm³/mol. The van der Waals surface area contributed by atoms with Crippen molar-refractivity contribution in [2.24, 2.45) is 0 Å². The number of hydrogen-bond donors (Lipinski definition) is 0. The van der Waals surface area contributed by atoms with E-state index in [4.69, 9.17) is 0 Å². The molecule has 0 bridgehead atoms. The molecule has 0 heterocycles. The van der Waals surface area contributed by atoms with E-state index in [2.05, 4.69) is 25.7 Å². The quantitative estimate of drug-likeness (QED) is 0.445. The average Bonchev–Trinajstić information content (AvgIpc) is 2.49. The Morgan fingerprint density at radius 1 is 1.12 bits per heavy atom. The molecule has 0 heteroatoms. The zero-order valence-electron chi connectivity index (χ0n) is 4.72. The fourth-order valence-corrected chi connectivity index (χ4v) is 0.961. The van der Waals surface area contributed by atoms with E-state index in [0.29, 0.717) is 0 Å². The van der Waals surface area contributed by atoms with Crippen LogP contribution in [0.2, 0.25) is 0 Å². The Balaban J connectivity index is 1.86. The normalized spacial score (nSPS) is 29.2. The fraction of sp³-hybridized carbons (Fsp3) is 0.250. The molecule has 0 amide bonds. The molecule has 0 spiro atoms. The van der Waals surface area contributed by atoms with Crippen LogP contribution in [0.3, 0.4) is 0 Å². The van der Waals surface area contributed by atoms with Crippen molar-refractivity contribution in [1.82, 2.24) is 0 Å². The van der Waals surface area contributed by atoms with Crippen LogP contribution in [-0.2, 0) is 0 Å². The van der Waals surface area contributed by atoms with Gasteiger partial charge in [-0.1, -0.05) is 0 Å². The fourth-order valence-electron chi connectivity index (χ4n) is 0.961. The molecule has 39 valence electrons. The molecule has 0 atom stereocenters. The van der Waals surface area contributed by atoms with Crippen LogP contribution in [0.25, 0.3) is 0 Å². The molecule has 0 aromatic carbocycles. The number of rotatable bonds is 1. The molecule has 2 aliphatic rings. The smallest absolute Gasteiger partial charge is 0.0261 e. The Morgan fingerprint density at radius 2 is 1.75 bits per heavy atom. The van der Waals surface area contributed by atoms with Gasteiger partial charge in [-0.25, -0.2) is 0 Å². The van der Waals surface area contributed by atoms with Crippen molar-refractivity contribution in [1.29, 1.82) is 0 Å². The lowest BCUT2D eigenvalue weighted by atomic mass is 10.0. The van der Waals surface area contributed by atoms with Crippen molar-refractivity contribution < 1.29 is 0 Å². The van der Waals surface area contributed by atoms with Crippen LogP contribution in [0.1, 0.15) is 12.8 Å². The van der Waals surface area contributed by atoms with E-state index in [1.54, 1.807) is 5.92 Å². The Bertz CT molecular complexity index is 76.0. The second kappa shape index (κ2) is 1.68. The molecule has 2 saturated carbocycles. The predicted octanol–water partition coefficient (Wildman–Crippen LogP) is 1.76. The lowest BCUT2D eigenvalue weighted by molar-refractivity contribution is 1.21. The highest BCUT2D eigenvalue weighted by Gasteiger charge is 2.47. The Hall–Kier alpha value is -0.130. The first-order chi connectivity index (χ1) is 3.97. The third-order valence-electron chi connectivity index (χ3n) is 1.57. The standard InChI is InChI=1S/C8H8/c1-2-4-7(3-1)8-5-6-8/h1-4H,5-6H2/q+1. The molecule has 5 radical (unpaired) electrons. The summed E-state index contributed by atoms with van der Waals surface area (Å²) in [7, 11) is 0. The summed E-state index contributed by atoms with van der Waals surface area (Å²) in [6.45, 7) is 0.